The summed E-state index contributed by atoms with van der Waals surface area (Å²) in [5.74, 6) is 2.79. The second-order valence-corrected chi connectivity index (χ2v) is 13.1. The van der Waals surface area contributed by atoms with Gasteiger partial charge in [-0.05, 0) is 90.3 Å². The van der Waals surface area contributed by atoms with E-state index in [-0.39, 0.29) is 22.3 Å². The van der Waals surface area contributed by atoms with Crippen LogP contribution in [0.1, 0.15) is 114 Å². The Kier molecular flexibility index (Phi) is 7.57. The van der Waals surface area contributed by atoms with Gasteiger partial charge in [0.05, 0.1) is 6.10 Å². The number of hydrogen-bond donors (Lipinski definition) is 1. The first-order chi connectivity index (χ1) is 15.4. The lowest BCUT2D eigenvalue weighted by Gasteiger charge is -2.64. The van der Waals surface area contributed by atoms with Gasteiger partial charge in [0, 0.05) is 0 Å². The van der Waals surface area contributed by atoms with Crippen molar-refractivity contribution in [3.63, 3.8) is 0 Å². The Labute approximate surface area is 206 Å². The molecule has 4 aliphatic rings. The lowest BCUT2D eigenvalue weighted by molar-refractivity contribution is -0.0482. The minimum absolute atomic E-state index is 0.140. The highest BCUT2D eigenvalue weighted by Crippen LogP contribution is 2.75. The van der Waals surface area contributed by atoms with Gasteiger partial charge in [-0.1, -0.05) is 105 Å². The second-order valence-electron chi connectivity index (χ2n) is 13.1. The molecule has 1 nitrogen and oxygen atoms in total. The number of aliphatic hydroxyl groups excluding tert-OH is 1. The summed E-state index contributed by atoms with van der Waals surface area (Å²) in [6.07, 6.45) is 18.1. The van der Waals surface area contributed by atoms with E-state index in [0.717, 1.165) is 25.2 Å². The quantitative estimate of drug-likeness (QED) is 0.420. The summed E-state index contributed by atoms with van der Waals surface area (Å²) in [5, 5.41) is 10.3. The van der Waals surface area contributed by atoms with Gasteiger partial charge >= 0.3 is 0 Å². The van der Waals surface area contributed by atoms with Crippen molar-refractivity contribution in [2.75, 3.05) is 0 Å². The molecular formula is C32H54O. The van der Waals surface area contributed by atoms with Gasteiger partial charge in [-0.25, -0.2) is 0 Å². The summed E-state index contributed by atoms with van der Waals surface area (Å²) in [6, 6.07) is 0. The van der Waals surface area contributed by atoms with E-state index in [1.54, 1.807) is 5.57 Å². The molecule has 0 saturated heterocycles. The largest absolute Gasteiger partial charge is 0.393 e. The van der Waals surface area contributed by atoms with Gasteiger partial charge in [0.25, 0.3) is 0 Å². The molecule has 0 aliphatic heterocycles. The lowest BCUT2D eigenvalue weighted by atomic mass is 9.40. The van der Waals surface area contributed by atoms with E-state index in [4.69, 9.17) is 0 Å². The lowest BCUT2D eigenvalue weighted by Crippen LogP contribution is -2.56. The molecule has 4 unspecified atom stereocenters. The monoisotopic (exact) mass is 454 g/mol. The molecule has 0 radical (unpaired) electrons. The zero-order chi connectivity index (χ0) is 24.8. The van der Waals surface area contributed by atoms with E-state index in [9.17, 15) is 5.11 Å². The Hall–Kier alpha value is -0.820. The van der Waals surface area contributed by atoms with Crippen LogP contribution >= 0.6 is 0 Å². The topological polar surface area (TPSA) is 20.2 Å². The molecular weight excluding hydrogens is 400 g/mol. The third-order valence-corrected chi connectivity index (χ3v) is 11.6. The standard InChI is InChI=1S/C30H48O.C2H6/c1-20(2)21(3)9-10-22(4)25-14-16-29(7)26-12-11-23-19-24(31)13-15-27(23,5)30(26,8)18-17-28(25,29)6;1-2/h9-12,20-22,24-25,31H,13-19H2,1-8H3;1-2H3/b10-9+;/t21-,22+,24?,25?,27?,28?,29-,30-;/m0./s1. The van der Waals surface area contributed by atoms with Crippen molar-refractivity contribution in [1.82, 2.24) is 0 Å². The fourth-order valence-corrected chi connectivity index (χ4v) is 8.37. The van der Waals surface area contributed by atoms with Crippen molar-refractivity contribution in [3.8, 4) is 0 Å². The molecule has 3 saturated carbocycles. The molecule has 8 atom stereocenters. The number of fused-ring (bicyclic) bond motifs is 5. The van der Waals surface area contributed by atoms with Crippen LogP contribution in [0.2, 0.25) is 0 Å². The summed E-state index contributed by atoms with van der Waals surface area (Å²) in [6.45, 7) is 23.9. The molecule has 3 fully saturated rings. The first-order valence-electron chi connectivity index (χ1n) is 14.2. The molecule has 0 heterocycles. The van der Waals surface area contributed by atoms with Crippen LogP contribution in [0.15, 0.2) is 35.5 Å². The number of allylic oxidation sites excluding steroid dienone is 5. The predicted molar refractivity (Wildman–Crippen MR) is 144 cm³/mol. The summed E-state index contributed by atoms with van der Waals surface area (Å²) in [4.78, 5) is 0. The average molecular weight is 455 g/mol. The Morgan fingerprint density at radius 3 is 2.09 bits per heavy atom. The predicted octanol–water partition coefficient (Wildman–Crippen LogP) is 9.14. The van der Waals surface area contributed by atoms with Gasteiger partial charge in [-0.2, -0.15) is 0 Å². The number of rotatable bonds is 4. The van der Waals surface area contributed by atoms with E-state index >= 15 is 0 Å². The van der Waals surface area contributed by atoms with Crippen molar-refractivity contribution >= 4 is 0 Å². The van der Waals surface area contributed by atoms with E-state index in [1.165, 1.54) is 31.3 Å². The van der Waals surface area contributed by atoms with Gasteiger partial charge in [-0.3, -0.25) is 0 Å². The molecule has 0 aromatic heterocycles. The van der Waals surface area contributed by atoms with Crippen molar-refractivity contribution in [3.05, 3.63) is 35.5 Å². The smallest absolute Gasteiger partial charge is 0.0578 e. The zero-order valence-corrected chi connectivity index (χ0v) is 23.6. The first kappa shape index (κ1) is 26.8. The van der Waals surface area contributed by atoms with Crippen LogP contribution in [-0.2, 0) is 0 Å². The maximum absolute atomic E-state index is 10.3. The first-order valence-corrected chi connectivity index (χ1v) is 14.2. The normalized spacial score (nSPS) is 44.1. The third kappa shape index (κ3) is 3.93. The molecule has 0 aromatic carbocycles. The van der Waals surface area contributed by atoms with Crippen LogP contribution in [0.3, 0.4) is 0 Å². The van der Waals surface area contributed by atoms with Crippen LogP contribution < -0.4 is 0 Å². The number of hydrogen-bond acceptors (Lipinski definition) is 1. The Morgan fingerprint density at radius 2 is 1.45 bits per heavy atom. The van der Waals surface area contributed by atoms with E-state index in [2.05, 4.69) is 79.7 Å². The molecule has 1 heteroatoms. The Bertz CT molecular complexity index is 801. The Morgan fingerprint density at radius 1 is 0.818 bits per heavy atom. The van der Waals surface area contributed by atoms with Crippen LogP contribution in [-0.4, -0.2) is 11.2 Å². The SMILES string of the molecule is CC.CC(C)[C@@H](C)/C=C/[C@@H](C)C1CC[C@@]2(C)C3=CC=C4CC(O)CCC4(C)[C@@]3(C)CCC12C. The van der Waals surface area contributed by atoms with Crippen molar-refractivity contribution < 1.29 is 5.11 Å². The summed E-state index contributed by atoms with van der Waals surface area (Å²) in [7, 11) is 0. The molecule has 0 spiro atoms. The highest BCUT2D eigenvalue weighted by atomic mass is 16.3. The third-order valence-electron chi connectivity index (χ3n) is 11.6. The molecule has 1 N–H and O–H groups in total. The molecule has 0 aromatic rings. The molecule has 4 rings (SSSR count). The maximum Gasteiger partial charge on any atom is 0.0578 e. The molecule has 0 amide bonds. The van der Waals surface area contributed by atoms with Crippen molar-refractivity contribution in [2.45, 2.75) is 120 Å². The highest BCUT2D eigenvalue weighted by Gasteiger charge is 2.66. The zero-order valence-electron chi connectivity index (χ0n) is 23.6. The minimum atomic E-state index is -0.140. The summed E-state index contributed by atoms with van der Waals surface area (Å²) >= 11 is 0. The molecule has 4 aliphatic carbocycles. The van der Waals surface area contributed by atoms with Crippen LogP contribution in [0.4, 0.5) is 0 Å². The summed E-state index contributed by atoms with van der Waals surface area (Å²) < 4.78 is 0. The van der Waals surface area contributed by atoms with Crippen LogP contribution in [0, 0.1) is 45.3 Å². The maximum atomic E-state index is 10.3. The fourth-order valence-electron chi connectivity index (χ4n) is 8.37. The molecule has 0 bridgehead atoms. The van der Waals surface area contributed by atoms with Gasteiger partial charge in [0.15, 0.2) is 0 Å². The number of aliphatic hydroxyl groups is 1. The summed E-state index contributed by atoms with van der Waals surface area (Å²) in [5.41, 5.74) is 4.38. The average Bonchev–Trinajstić information content (AvgIpc) is 3.05. The fraction of sp³-hybridized carbons (Fsp3) is 0.812. The second kappa shape index (κ2) is 9.33. The molecule has 188 valence electrons. The van der Waals surface area contributed by atoms with Crippen molar-refractivity contribution in [2.24, 2.45) is 45.3 Å². The van der Waals surface area contributed by atoms with Crippen molar-refractivity contribution in [1.29, 1.82) is 0 Å². The highest BCUT2D eigenvalue weighted by molar-refractivity contribution is 5.45. The Balaban J connectivity index is 0.00000149. The van der Waals surface area contributed by atoms with E-state index in [0.29, 0.717) is 23.2 Å². The molecule has 33 heavy (non-hydrogen) atoms. The van der Waals surface area contributed by atoms with Gasteiger partial charge in [-0.15, -0.1) is 0 Å². The van der Waals surface area contributed by atoms with Gasteiger partial charge in [0.2, 0.25) is 0 Å². The van der Waals surface area contributed by atoms with Gasteiger partial charge < -0.3 is 5.11 Å². The van der Waals surface area contributed by atoms with Gasteiger partial charge in [0.1, 0.15) is 0 Å². The van der Waals surface area contributed by atoms with Crippen LogP contribution in [0.5, 0.6) is 0 Å². The minimum Gasteiger partial charge on any atom is -0.393 e. The van der Waals surface area contributed by atoms with E-state index in [1.807, 2.05) is 13.8 Å². The van der Waals surface area contributed by atoms with Crippen LogP contribution in [0.25, 0.3) is 0 Å². The van der Waals surface area contributed by atoms with E-state index < -0.39 is 0 Å².